The van der Waals surface area contributed by atoms with Crippen LogP contribution in [0.1, 0.15) is 22.5 Å². The second kappa shape index (κ2) is 12.4. The Morgan fingerprint density at radius 3 is 2.37 bits per heavy atom. The van der Waals surface area contributed by atoms with Crippen LogP contribution in [0, 0.1) is 0 Å². The summed E-state index contributed by atoms with van der Waals surface area (Å²) in [4.78, 5) is 29.5. The lowest BCUT2D eigenvalue weighted by Crippen LogP contribution is -2.44. The number of aryl methyl sites for hydroxylation is 1. The summed E-state index contributed by atoms with van der Waals surface area (Å²) in [6, 6.07) is 10.8. The van der Waals surface area contributed by atoms with E-state index >= 15 is 0 Å². The zero-order valence-electron chi connectivity index (χ0n) is 17.8. The van der Waals surface area contributed by atoms with Crippen LogP contribution in [0.4, 0.5) is 0 Å². The molecule has 164 valence electrons. The highest BCUT2D eigenvalue weighted by Gasteiger charge is 2.24. The first kappa shape index (κ1) is 23.9. The molecule has 2 aromatic rings. The number of methoxy groups -OCH3 is 2. The van der Waals surface area contributed by atoms with Crippen LogP contribution in [0.25, 0.3) is 0 Å². The maximum absolute atomic E-state index is 13.2. The molecule has 0 spiro atoms. The summed E-state index contributed by atoms with van der Waals surface area (Å²) in [5.74, 6) is -0.415. The van der Waals surface area contributed by atoms with Crippen LogP contribution in [-0.4, -0.2) is 73.2 Å². The van der Waals surface area contributed by atoms with Crippen molar-refractivity contribution < 1.29 is 19.1 Å². The van der Waals surface area contributed by atoms with Gasteiger partial charge in [-0.3, -0.25) is 9.59 Å². The Bertz CT molecular complexity index is 824. The van der Waals surface area contributed by atoms with Crippen molar-refractivity contribution in [1.29, 1.82) is 0 Å². The maximum Gasteiger partial charge on any atom is 0.255 e. The van der Waals surface area contributed by atoms with Gasteiger partial charge in [0.05, 0.1) is 23.7 Å². The largest absolute Gasteiger partial charge is 0.385 e. The summed E-state index contributed by atoms with van der Waals surface area (Å²) in [5.41, 5.74) is 1.39. The average Bonchev–Trinajstić information content (AvgIpc) is 3.14. The molecule has 2 amide bonds. The number of hydrogen-bond acceptors (Lipinski definition) is 4. The van der Waals surface area contributed by atoms with Gasteiger partial charge in [-0.1, -0.05) is 23.7 Å². The number of hydrogen-bond donors (Lipinski definition) is 0. The van der Waals surface area contributed by atoms with Crippen LogP contribution >= 0.6 is 11.6 Å². The quantitative estimate of drug-likeness (QED) is 0.481. The summed E-state index contributed by atoms with van der Waals surface area (Å²) in [6.07, 6.45) is 2.56. The van der Waals surface area contributed by atoms with E-state index in [1.54, 1.807) is 43.4 Å². The highest BCUT2D eigenvalue weighted by Crippen LogP contribution is 2.18. The van der Waals surface area contributed by atoms with E-state index < -0.39 is 0 Å². The maximum atomic E-state index is 13.2. The number of halogens is 1. The first-order chi connectivity index (χ1) is 14.5. The van der Waals surface area contributed by atoms with Gasteiger partial charge in [-0.05, 0) is 30.7 Å². The third kappa shape index (κ3) is 6.86. The third-order valence-electron chi connectivity index (χ3n) is 4.82. The van der Waals surface area contributed by atoms with Crippen molar-refractivity contribution in [3.05, 3.63) is 58.9 Å². The third-order valence-corrected chi connectivity index (χ3v) is 5.15. The summed E-state index contributed by atoms with van der Waals surface area (Å²) in [5, 5.41) is 0.367. The Morgan fingerprint density at radius 1 is 1.00 bits per heavy atom. The predicted molar refractivity (Wildman–Crippen MR) is 117 cm³/mol. The van der Waals surface area contributed by atoms with E-state index in [0.717, 1.165) is 5.69 Å². The second-order valence-electron chi connectivity index (χ2n) is 6.97. The molecule has 0 bridgehead atoms. The number of amides is 2. The first-order valence-corrected chi connectivity index (χ1v) is 10.2. The van der Waals surface area contributed by atoms with Crippen LogP contribution in [-0.2, 0) is 27.9 Å². The van der Waals surface area contributed by atoms with E-state index in [-0.39, 0.29) is 18.4 Å². The summed E-state index contributed by atoms with van der Waals surface area (Å²) in [6.45, 7) is 2.15. The van der Waals surface area contributed by atoms with E-state index in [9.17, 15) is 9.59 Å². The monoisotopic (exact) mass is 435 g/mol. The molecule has 8 heteroatoms. The van der Waals surface area contributed by atoms with Gasteiger partial charge in [0.25, 0.3) is 5.91 Å². The van der Waals surface area contributed by atoms with Gasteiger partial charge in [0.2, 0.25) is 5.91 Å². The SMILES string of the molecule is COCCCN(CC(=O)N(CCOC)Cc1cccn1C)C(=O)c1ccccc1Cl. The van der Waals surface area contributed by atoms with Crippen molar-refractivity contribution in [2.75, 3.05) is 47.1 Å². The lowest BCUT2D eigenvalue weighted by atomic mass is 10.2. The number of ether oxygens (including phenoxy) is 2. The lowest BCUT2D eigenvalue weighted by Gasteiger charge is -2.28. The number of benzene rings is 1. The summed E-state index contributed by atoms with van der Waals surface area (Å²) < 4.78 is 12.3. The predicted octanol–water partition coefficient (Wildman–Crippen LogP) is 2.83. The van der Waals surface area contributed by atoms with Gasteiger partial charge < -0.3 is 23.8 Å². The fourth-order valence-corrected chi connectivity index (χ4v) is 3.29. The molecule has 1 aromatic heterocycles. The van der Waals surface area contributed by atoms with Gasteiger partial charge >= 0.3 is 0 Å². The van der Waals surface area contributed by atoms with Gasteiger partial charge in [-0.2, -0.15) is 0 Å². The molecular formula is C22H30ClN3O4. The number of rotatable bonds is 12. The minimum Gasteiger partial charge on any atom is -0.385 e. The van der Waals surface area contributed by atoms with E-state index in [4.69, 9.17) is 21.1 Å². The molecule has 0 atom stereocenters. The van der Waals surface area contributed by atoms with Gasteiger partial charge in [0.15, 0.2) is 0 Å². The van der Waals surface area contributed by atoms with Crippen LogP contribution in [0.3, 0.4) is 0 Å². The Morgan fingerprint density at radius 2 is 1.73 bits per heavy atom. The smallest absolute Gasteiger partial charge is 0.255 e. The number of carbonyl (C=O) groups excluding carboxylic acids is 2. The molecule has 0 saturated carbocycles. The molecule has 0 radical (unpaired) electrons. The minimum absolute atomic E-state index is 0.0398. The minimum atomic E-state index is -0.268. The van der Waals surface area contributed by atoms with Gasteiger partial charge in [0, 0.05) is 52.9 Å². The summed E-state index contributed by atoms with van der Waals surface area (Å²) >= 11 is 6.22. The molecule has 0 unspecified atom stereocenters. The number of nitrogens with zero attached hydrogens (tertiary/aromatic N) is 3. The molecule has 7 nitrogen and oxygen atoms in total. The molecule has 2 rings (SSSR count). The normalized spacial score (nSPS) is 10.8. The highest BCUT2D eigenvalue weighted by atomic mass is 35.5. The fraction of sp³-hybridized carbons (Fsp3) is 0.455. The van der Waals surface area contributed by atoms with E-state index in [1.807, 2.05) is 29.9 Å². The Kier molecular flexibility index (Phi) is 9.86. The van der Waals surface area contributed by atoms with Crippen LogP contribution in [0.2, 0.25) is 5.02 Å². The molecule has 0 N–H and O–H groups in total. The molecule has 0 aliphatic heterocycles. The van der Waals surface area contributed by atoms with E-state index in [1.165, 1.54) is 4.90 Å². The zero-order valence-corrected chi connectivity index (χ0v) is 18.6. The van der Waals surface area contributed by atoms with Gasteiger partial charge in [0.1, 0.15) is 6.54 Å². The average molecular weight is 436 g/mol. The zero-order chi connectivity index (χ0) is 21.9. The molecule has 0 saturated heterocycles. The van der Waals surface area contributed by atoms with Crippen LogP contribution in [0.15, 0.2) is 42.6 Å². The first-order valence-electron chi connectivity index (χ1n) is 9.87. The molecule has 0 aliphatic carbocycles. The molecule has 1 heterocycles. The lowest BCUT2D eigenvalue weighted by molar-refractivity contribution is -0.133. The van der Waals surface area contributed by atoms with Crippen LogP contribution in [0.5, 0.6) is 0 Å². The van der Waals surface area contributed by atoms with Gasteiger partial charge in [-0.25, -0.2) is 0 Å². The second-order valence-corrected chi connectivity index (χ2v) is 7.38. The van der Waals surface area contributed by atoms with Crippen molar-refractivity contribution >= 4 is 23.4 Å². The molecule has 1 aromatic carbocycles. The van der Waals surface area contributed by atoms with Gasteiger partial charge in [-0.15, -0.1) is 0 Å². The molecule has 30 heavy (non-hydrogen) atoms. The van der Waals surface area contributed by atoms with Crippen molar-refractivity contribution in [3.63, 3.8) is 0 Å². The molecular weight excluding hydrogens is 406 g/mol. The topological polar surface area (TPSA) is 64.0 Å². The Labute approximate surface area is 183 Å². The van der Waals surface area contributed by atoms with Crippen molar-refractivity contribution in [1.82, 2.24) is 14.4 Å². The molecule has 0 fully saturated rings. The van der Waals surface area contributed by atoms with Crippen molar-refractivity contribution in [2.45, 2.75) is 13.0 Å². The number of carbonyl (C=O) groups is 2. The Balaban J connectivity index is 2.17. The standard InChI is InChI=1S/C22H30ClN3O4/c1-24-11-6-8-18(24)16-25(13-15-30-3)21(27)17-26(12-7-14-29-2)22(28)19-9-4-5-10-20(19)23/h4-6,8-11H,7,12-17H2,1-3H3. The Hall–Kier alpha value is -2.35. The summed E-state index contributed by atoms with van der Waals surface area (Å²) in [7, 11) is 5.15. The number of aromatic nitrogens is 1. The van der Waals surface area contributed by atoms with Crippen LogP contribution < -0.4 is 0 Å². The van der Waals surface area contributed by atoms with Crippen molar-refractivity contribution in [2.24, 2.45) is 7.05 Å². The molecule has 0 aliphatic rings. The van der Waals surface area contributed by atoms with Crippen molar-refractivity contribution in [3.8, 4) is 0 Å². The van der Waals surface area contributed by atoms with E-state index in [0.29, 0.717) is 49.9 Å². The van der Waals surface area contributed by atoms with E-state index in [2.05, 4.69) is 0 Å². The fourth-order valence-electron chi connectivity index (χ4n) is 3.07. The highest BCUT2D eigenvalue weighted by molar-refractivity contribution is 6.33.